The van der Waals surface area contributed by atoms with E-state index in [2.05, 4.69) is 28.3 Å². The Labute approximate surface area is 212 Å². The molecule has 0 radical (unpaired) electrons. The number of nitrogens with one attached hydrogen (secondary N) is 1. The number of phosphoric acid groups is 1. The van der Waals surface area contributed by atoms with Crippen LogP contribution in [0.4, 0.5) is 5.82 Å². The second-order valence-electron chi connectivity index (χ2n) is 8.53. The summed E-state index contributed by atoms with van der Waals surface area (Å²) in [6, 6.07) is 10.0. The standard InChI is InChI=1S/C25H28N5O6P/c1-3-5-9-20-29-22-23(30(20)14-16-7-6-8-19(24(16)32)36-37(33,34)35)17-12-15(13-27-21(31)4-2)10-11-18(17)28-25(22)26/h4,6-8,10-12,32H,2-3,5,9,13-14H2,1H3,(H2,26,28)(H,27,31)(H2,33,34,35). The van der Waals surface area contributed by atoms with Gasteiger partial charge < -0.3 is 25.2 Å². The molecule has 2 aromatic heterocycles. The largest absolute Gasteiger partial charge is 0.524 e. The number of carbonyl (C=O) groups is 1. The zero-order valence-electron chi connectivity index (χ0n) is 20.2. The number of phenols is 1. The number of rotatable bonds is 10. The van der Waals surface area contributed by atoms with Gasteiger partial charge in [0.15, 0.2) is 17.3 Å². The van der Waals surface area contributed by atoms with Crippen LogP contribution in [0.15, 0.2) is 49.1 Å². The summed E-state index contributed by atoms with van der Waals surface area (Å²) in [5, 5.41) is 14.3. The second-order valence-corrected chi connectivity index (χ2v) is 9.69. The van der Waals surface area contributed by atoms with Crippen molar-refractivity contribution in [1.29, 1.82) is 0 Å². The highest BCUT2D eigenvalue weighted by Gasteiger charge is 2.22. The van der Waals surface area contributed by atoms with E-state index >= 15 is 0 Å². The second kappa shape index (κ2) is 10.6. The number of fused-ring (bicyclic) bond motifs is 3. The Balaban J connectivity index is 1.89. The van der Waals surface area contributed by atoms with Crippen LogP contribution >= 0.6 is 7.82 Å². The monoisotopic (exact) mass is 525 g/mol. The van der Waals surface area contributed by atoms with Gasteiger partial charge >= 0.3 is 7.82 Å². The van der Waals surface area contributed by atoms with E-state index in [-0.39, 0.29) is 36.3 Å². The highest BCUT2D eigenvalue weighted by molar-refractivity contribution is 7.46. The molecule has 4 aromatic rings. The molecule has 0 unspecified atom stereocenters. The van der Waals surface area contributed by atoms with E-state index in [9.17, 15) is 24.3 Å². The predicted octanol–water partition coefficient (Wildman–Crippen LogP) is 3.54. The SMILES string of the molecule is C=CC(=O)NCc1ccc2nc(N)c3nc(CCCC)n(Cc4cccc(OP(=O)(O)O)c4O)c3c2c1. The fourth-order valence-corrected chi connectivity index (χ4v) is 4.54. The van der Waals surface area contributed by atoms with Gasteiger partial charge in [-0.15, -0.1) is 0 Å². The summed E-state index contributed by atoms with van der Waals surface area (Å²) in [6.45, 7) is 5.95. The average molecular weight is 526 g/mol. The molecule has 6 N–H and O–H groups in total. The maximum absolute atomic E-state index is 11.7. The summed E-state index contributed by atoms with van der Waals surface area (Å²) in [7, 11) is -4.87. The summed E-state index contributed by atoms with van der Waals surface area (Å²) in [4.78, 5) is 39.4. The van der Waals surface area contributed by atoms with E-state index in [4.69, 9.17) is 10.7 Å². The first-order chi connectivity index (χ1) is 17.6. The van der Waals surface area contributed by atoms with Crippen LogP contribution in [0.5, 0.6) is 11.5 Å². The van der Waals surface area contributed by atoms with Crippen molar-refractivity contribution >= 4 is 41.5 Å². The lowest BCUT2D eigenvalue weighted by Gasteiger charge is -2.15. The Bertz CT molecular complexity index is 1540. The molecule has 0 aliphatic heterocycles. The molecule has 194 valence electrons. The summed E-state index contributed by atoms with van der Waals surface area (Å²) in [5.74, 6) is -0.0104. The molecule has 12 heteroatoms. The van der Waals surface area contributed by atoms with Gasteiger partial charge in [-0.25, -0.2) is 14.5 Å². The number of nitrogen functional groups attached to an aromatic ring is 1. The first-order valence-electron chi connectivity index (χ1n) is 11.6. The van der Waals surface area contributed by atoms with E-state index in [0.717, 1.165) is 29.6 Å². The van der Waals surface area contributed by atoms with E-state index in [0.29, 0.717) is 28.5 Å². The van der Waals surface area contributed by atoms with Gasteiger partial charge in [-0.05, 0) is 36.3 Å². The van der Waals surface area contributed by atoms with E-state index in [1.54, 1.807) is 12.1 Å². The smallest absolute Gasteiger partial charge is 0.504 e. The molecular weight excluding hydrogens is 497 g/mol. The number of amides is 1. The Hall–Kier alpha value is -3.92. The normalized spacial score (nSPS) is 11.6. The van der Waals surface area contributed by atoms with Crippen molar-refractivity contribution in [2.45, 2.75) is 39.3 Å². The molecule has 0 fully saturated rings. The molecule has 4 rings (SSSR count). The first-order valence-corrected chi connectivity index (χ1v) is 13.2. The third-order valence-corrected chi connectivity index (χ3v) is 6.32. The van der Waals surface area contributed by atoms with Gasteiger partial charge in [-0.3, -0.25) is 14.6 Å². The lowest BCUT2D eigenvalue weighted by molar-refractivity contribution is -0.116. The predicted molar refractivity (Wildman–Crippen MR) is 140 cm³/mol. The van der Waals surface area contributed by atoms with Gasteiger partial charge in [0.2, 0.25) is 5.91 Å². The number of aromatic nitrogens is 3. The van der Waals surface area contributed by atoms with Gasteiger partial charge in [-0.2, -0.15) is 0 Å². The van der Waals surface area contributed by atoms with Gasteiger partial charge in [0, 0.05) is 23.9 Å². The first kappa shape index (κ1) is 26.2. The molecule has 37 heavy (non-hydrogen) atoms. The van der Waals surface area contributed by atoms with Crippen LogP contribution in [0, 0.1) is 0 Å². The molecule has 0 bridgehead atoms. The van der Waals surface area contributed by atoms with Crippen molar-refractivity contribution in [1.82, 2.24) is 19.9 Å². The molecule has 0 saturated carbocycles. The lowest BCUT2D eigenvalue weighted by Crippen LogP contribution is -2.19. The molecule has 0 saturated heterocycles. The highest BCUT2D eigenvalue weighted by Crippen LogP contribution is 2.43. The topological polar surface area (TPSA) is 173 Å². The number of imidazole rings is 1. The number of anilines is 1. The van der Waals surface area contributed by atoms with Crippen LogP contribution in [-0.4, -0.2) is 35.3 Å². The number of nitrogens with zero attached hydrogens (tertiary/aromatic N) is 3. The molecule has 2 heterocycles. The number of phosphoric ester groups is 1. The quantitative estimate of drug-likeness (QED) is 0.153. The number of benzene rings is 2. The summed E-state index contributed by atoms with van der Waals surface area (Å²) >= 11 is 0. The number of nitrogens with two attached hydrogens (primary N) is 1. The van der Waals surface area contributed by atoms with E-state index < -0.39 is 7.82 Å². The Morgan fingerprint density at radius 3 is 2.76 bits per heavy atom. The zero-order valence-corrected chi connectivity index (χ0v) is 21.1. The fraction of sp³-hybridized carbons (Fsp3) is 0.240. The number of hydrogen-bond acceptors (Lipinski definition) is 7. The van der Waals surface area contributed by atoms with Crippen LogP contribution < -0.4 is 15.6 Å². The minimum atomic E-state index is -4.87. The number of aromatic hydroxyl groups is 1. The summed E-state index contributed by atoms with van der Waals surface area (Å²) < 4.78 is 17.9. The number of hydrogen-bond donors (Lipinski definition) is 5. The van der Waals surface area contributed by atoms with Gasteiger partial charge in [0.05, 0.1) is 17.6 Å². The third kappa shape index (κ3) is 5.75. The molecule has 0 aliphatic rings. The minimum absolute atomic E-state index is 0.135. The maximum atomic E-state index is 11.7. The number of para-hydroxylation sites is 1. The van der Waals surface area contributed by atoms with Crippen LogP contribution in [0.3, 0.4) is 0 Å². The van der Waals surface area contributed by atoms with Crippen molar-refractivity contribution in [3.05, 3.63) is 66.0 Å². The number of pyridine rings is 1. The van der Waals surface area contributed by atoms with E-state index in [1.807, 2.05) is 22.8 Å². The van der Waals surface area contributed by atoms with Crippen LogP contribution in [0.2, 0.25) is 0 Å². The Kier molecular flexibility index (Phi) is 7.49. The van der Waals surface area contributed by atoms with Crippen molar-refractivity contribution in [3.63, 3.8) is 0 Å². The number of phenolic OH excluding ortho intramolecular Hbond substituents is 1. The molecule has 0 aliphatic carbocycles. The van der Waals surface area contributed by atoms with Crippen LogP contribution in [0.25, 0.3) is 21.9 Å². The number of aryl methyl sites for hydroxylation is 1. The Morgan fingerprint density at radius 1 is 1.27 bits per heavy atom. The Morgan fingerprint density at radius 2 is 2.05 bits per heavy atom. The van der Waals surface area contributed by atoms with Gasteiger partial charge in [-0.1, -0.05) is 38.1 Å². The van der Waals surface area contributed by atoms with Crippen molar-refractivity contribution < 1.29 is 28.8 Å². The summed E-state index contributed by atoms with van der Waals surface area (Å²) in [5.41, 5.74) is 9.34. The zero-order chi connectivity index (χ0) is 26.7. The van der Waals surface area contributed by atoms with Gasteiger partial charge in [0.1, 0.15) is 11.3 Å². The minimum Gasteiger partial charge on any atom is -0.504 e. The lowest BCUT2D eigenvalue weighted by atomic mass is 10.1. The third-order valence-electron chi connectivity index (χ3n) is 5.88. The van der Waals surface area contributed by atoms with Gasteiger partial charge in [0.25, 0.3) is 0 Å². The number of carbonyl (C=O) groups excluding carboxylic acids is 1. The molecule has 0 spiro atoms. The maximum Gasteiger partial charge on any atom is 0.524 e. The van der Waals surface area contributed by atoms with Crippen LogP contribution in [-0.2, 0) is 28.9 Å². The van der Waals surface area contributed by atoms with Crippen LogP contribution in [0.1, 0.15) is 36.7 Å². The summed E-state index contributed by atoms with van der Waals surface area (Å²) in [6.07, 6.45) is 3.64. The molecule has 0 atom stereocenters. The fourth-order valence-electron chi connectivity index (χ4n) is 4.14. The van der Waals surface area contributed by atoms with Crippen molar-refractivity contribution in [2.75, 3.05) is 5.73 Å². The van der Waals surface area contributed by atoms with Crippen molar-refractivity contribution in [3.8, 4) is 11.5 Å². The molecule has 11 nitrogen and oxygen atoms in total. The number of unbranched alkanes of at least 4 members (excludes halogenated alkanes) is 1. The highest BCUT2D eigenvalue weighted by atomic mass is 31.2. The van der Waals surface area contributed by atoms with Crippen molar-refractivity contribution in [2.24, 2.45) is 0 Å². The molecular formula is C25H28N5O6P. The molecule has 2 aromatic carbocycles. The molecule has 1 amide bonds. The average Bonchev–Trinajstić information content (AvgIpc) is 3.22. The van der Waals surface area contributed by atoms with E-state index in [1.165, 1.54) is 12.1 Å².